The molecular formula is C27H21N5O5S. The quantitative estimate of drug-likeness (QED) is 0.306. The van der Waals surface area contributed by atoms with Crippen molar-refractivity contribution in [3.05, 3.63) is 99.1 Å². The zero-order chi connectivity index (χ0) is 26.5. The summed E-state index contributed by atoms with van der Waals surface area (Å²) in [7, 11) is 0. The molecule has 3 heterocycles. The predicted octanol–water partition coefficient (Wildman–Crippen LogP) is 2.95. The molecule has 0 spiro atoms. The van der Waals surface area contributed by atoms with Crippen molar-refractivity contribution >= 4 is 39.9 Å². The average molecular weight is 528 g/mol. The third-order valence-electron chi connectivity index (χ3n) is 5.35. The Morgan fingerprint density at radius 1 is 1.03 bits per heavy atom. The number of pyridine rings is 1. The number of esters is 1. The van der Waals surface area contributed by atoms with Gasteiger partial charge in [-0.2, -0.15) is 9.50 Å². The summed E-state index contributed by atoms with van der Waals surface area (Å²) >= 11 is 1.25. The number of thiazole rings is 1. The van der Waals surface area contributed by atoms with E-state index >= 15 is 0 Å². The van der Waals surface area contributed by atoms with Crippen molar-refractivity contribution in [2.24, 2.45) is 0 Å². The molecule has 1 N–H and O–H groups in total. The molecule has 0 aliphatic heterocycles. The van der Waals surface area contributed by atoms with Gasteiger partial charge in [0.05, 0.1) is 16.7 Å². The molecule has 10 nitrogen and oxygen atoms in total. The van der Waals surface area contributed by atoms with Crippen LogP contribution >= 0.6 is 11.3 Å². The predicted molar refractivity (Wildman–Crippen MR) is 142 cm³/mol. The normalized spacial score (nSPS) is 11.4. The third-order valence-corrected chi connectivity index (χ3v) is 6.31. The number of aromatic nitrogens is 4. The van der Waals surface area contributed by atoms with Gasteiger partial charge in [0.1, 0.15) is 5.75 Å². The Morgan fingerprint density at radius 3 is 2.45 bits per heavy atom. The van der Waals surface area contributed by atoms with Crippen LogP contribution < -0.4 is 20.1 Å². The highest BCUT2D eigenvalue weighted by atomic mass is 32.1. The number of amides is 1. The number of fused-ring (bicyclic) bond motifs is 1. The fourth-order valence-corrected chi connectivity index (χ4v) is 4.43. The average Bonchev–Trinajstić information content (AvgIpc) is 3.48. The van der Waals surface area contributed by atoms with Gasteiger partial charge in [0.2, 0.25) is 4.96 Å². The summed E-state index contributed by atoms with van der Waals surface area (Å²) in [5.74, 6) is 0.214. The minimum atomic E-state index is -0.415. The lowest BCUT2D eigenvalue weighted by atomic mass is 10.2. The molecule has 0 saturated carbocycles. The first-order valence-corrected chi connectivity index (χ1v) is 12.4. The van der Waals surface area contributed by atoms with Gasteiger partial charge >= 0.3 is 5.97 Å². The van der Waals surface area contributed by atoms with Crippen molar-refractivity contribution in [2.45, 2.75) is 6.92 Å². The van der Waals surface area contributed by atoms with Crippen molar-refractivity contribution in [3.63, 3.8) is 0 Å². The fraction of sp³-hybridized carbons (Fsp3) is 0.111. The van der Waals surface area contributed by atoms with Crippen molar-refractivity contribution in [1.82, 2.24) is 19.6 Å². The number of benzene rings is 2. The van der Waals surface area contributed by atoms with Gasteiger partial charge in [-0.25, -0.2) is 4.79 Å². The molecule has 5 rings (SSSR count). The van der Waals surface area contributed by atoms with E-state index in [2.05, 4.69) is 20.4 Å². The lowest BCUT2D eigenvalue weighted by Crippen LogP contribution is -2.23. The van der Waals surface area contributed by atoms with Crippen LogP contribution in [0.1, 0.15) is 22.8 Å². The van der Waals surface area contributed by atoms with Crippen LogP contribution in [0.25, 0.3) is 22.4 Å². The summed E-state index contributed by atoms with van der Waals surface area (Å²) in [6.45, 7) is 1.84. The summed E-state index contributed by atoms with van der Waals surface area (Å²) in [4.78, 5) is 45.7. The van der Waals surface area contributed by atoms with Crippen molar-refractivity contribution in [3.8, 4) is 17.1 Å². The number of rotatable bonds is 8. The van der Waals surface area contributed by atoms with Gasteiger partial charge in [0.25, 0.3) is 11.5 Å². The van der Waals surface area contributed by atoms with Gasteiger partial charge in [-0.3, -0.25) is 14.6 Å². The maximum Gasteiger partial charge on any atom is 0.338 e. The topological polar surface area (TPSA) is 125 Å². The van der Waals surface area contributed by atoms with Gasteiger partial charge in [-0.1, -0.05) is 23.5 Å². The van der Waals surface area contributed by atoms with E-state index in [0.717, 1.165) is 11.1 Å². The molecule has 0 aliphatic carbocycles. The zero-order valence-corrected chi connectivity index (χ0v) is 21.0. The molecule has 0 bridgehead atoms. The summed E-state index contributed by atoms with van der Waals surface area (Å²) < 4.78 is 12.3. The Balaban J connectivity index is 1.20. The molecule has 1 amide bonds. The van der Waals surface area contributed by atoms with Gasteiger partial charge < -0.3 is 14.8 Å². The zero-order valence-electron chi connectivity index (χ0n) is 20.2. The van der Waals surface area contributed by atoms with E-state index < -0.39 is 5.97 Å². The van der Waals surface area contributed by atoms with E-state index in [1.165, 1.54) is 15.9 Å². The lowest BCUT2D eigenvalue weighted by molar-refractivity contribution is -0.118. The Labute approximate surface area is 220 Å². The Hall–Kier alpha value is -4.90. The van der Waals surface area contributed by atoms with Crippen LogP contribution in [0.15, 0.2) is 77.9 Å². The van der Waals surface area contributed by atoms with E-state index in [1.807, 2.05) is 0 Å². The van der Waals surface area contributed by atoms with E-state index in [-0.39, 0.29) is 18.1 Å². The molecule has 3 aromatic heterocycles. The highest BCUT2D eigenvalue weighted by Gasteiger charge is 2.12. The molecule has 0 atom stereocenters. The van der Waals surface area contributed by atoms with Crippen LogP contribution in [-0.4, -0.2) is 44.7 Å². The molecule has 0 aliphatic rings. The highest BCUT2D eigenvalue weighted by Crippen LogP contribution is 2.16. The maximum absolute atomic E-state index is 12.8. The van der Waals surface area contributed by atoms with E-state index in [4.69, 9.17) is 9.47 Å². The number of hydrogen-bond donors (Lipinski definition) is 1. The molecular weight excluding hydrogens is 506 g/mol. The van der Waals surface area contributed by atoms with Gasteiger partial charge in [-0.15, -0.1) is 5.10 Å². The number of carbonyl (C=O) groups excluding carboxylic acids is 2. The van der Waals surface area contributed by atoms with Gasteiger partial charge in [0.15, 0.2) is 12.4 Å². The first-order valence-electron chi connectivity index (χ1n) is 11.6. The van der Waals surface area contributed by atoms with Crippen LogP contribution in [-0.2, 0) is 9.53 Å². The summed E-state index contributed by atoms with van der Waals surface area (Å²) in [5.41, 5.74) is 2.28. The number of nitrogens with one attached hydrogen (secondary N) is 1. The maximum atomic E-state index is 12.8. The molecule has 38 heavy (non-hydrogen) atoms. The van der Waals surface area contributed by atoms with E-state index in [9.17, 15) is 14.4 Å². The smallest absolute Gasteiger partial charge is 0.338 e. The first kappa shape index (κ1) is 24.8. The van der Waals surface area contributed by atoms with Crippen LogP contribution in [0.4, 0.5) is 5.69 Å². The monoisotopic (exact) mass is 527 g/mol. The molecule has 0 fully saturated rings. The van der Waals surface area contributed by atoms with Crippen LogP contribution in [0.3, 0.4) is 0 Å². The number of ether oxygens (including phenoxy) is 2. The van der Waals surface area contributed by atoms with Gasteiger partial charge in [0, 0.05) is 23.6 Å². The molecule has 0 saturated heterocycles. The molecule has 0 unspecified atom stereocenters. The van der Waals surface area contributed by atoms with Crippen LogP contribution in [0.2, 0.25) is 0 Å². The molecule has 190 valence electrons. The molecule has 5 aromatic rings. The third kappa shape index (κ3) is 5.57. The Kier molecular flexibility index (Phi) is 7.18. The van der Waals surface area contributed by atoms with Crippen LogP contribution in [0, 0.1) is 0 Å². The van der Waals surface area contributed by atoms with Crippen molar-refractivity contribution < 1.29 is 19.1 Å². The SMILES string of the molecule is CCOC(=O)c1ccc(NC(=O)COc2ccc(/C=c3\sc4nc(-c5ccncc5)nn4c3=O)cc2)cc1. The summed E-state index contributed by atoms with van der Waals surface area (Å²) in [6, 6.07) is 17.0. The summed E-state index contributed by atoms with van der Waals surface area (Å²) in [6.07, 6.45) is 5.05. The van der Waals surface area contributed by atoms with Crippen molar-refractivity contribution in [2.75, 3.05) is 18.5 Å². The minimum Gasteiger partial charge on any atom is -0.484 e. The number of nitrogens with zero attached hydrogens (tertiary/aromatic N) is 4. The van der Waals surface area contributed by atoms with Gasteiger partial charge in [-0.05, 0) is 67.1 Å². The largest absolute Gasteiger partial charge is 0.484 e. The standard InChI is InChI=1S/C27H21N5O5S/c1-2-36-26(35)19-5-7-20(8-6-19)29-23(33)16-37-21-9-3-17(4-10-21)15-22-25(34)32-27(38-22)30-24(31-32)18-11-13-28-14-12-18/h3-15H,2,16H2,1H3,(H,29,33)/b22-15-. The fourth-order valence-electron chi connectivity index (χ4n) is 3.52. The lowest BCUT2D eigenvalue weighted by Gasteiger charge is -2.08. The number of hydrogen-bond acceptors (Lipinski definition) is 9. The highest BCUT2D eigenvalue weighted by molar-refractivity contribution is 7.15. The second-order valence-corrected chi connectivity index (χ2v) is 8.99. The molecule has 11 heteroatoms. The molecule has 2 aromatic carbocycles. The molecule has 0 radical (unpaired) electrons. The second kappa shape index (κ2) is 11.0. The van der Waals surface area contributed by atoms with Crippen LogP contribution in [0.5, 0.6) is 5.75 Å². The van der Waals surface area contributed by atoms with Crippen molar-refractivity contribution in [1.29, 1.82) is 0 Å². The van der Waals surface area contributed by atoms with E-state index in [0.29, 0.717) is 38.9 Å². The Morgan fingerprint density at radius 2 is 1.76 bits per heavy atom. The number of anilines is 1. The number of carbonyl (C=O) groups is 2. The first-order chi connectivity index (χ1) is 18.5. The Bertz CT molecular complexity index is 1700. The minimum absolute atomic E-state index is 0.193. The second-order valence-electron chi connectivity index (χ2n) is 7.99. The summed E-state index contributed by atoms with van der Waals surface area (Å²) in [5, 5.41) is 7.04. The van der Waals surface area contributed by atoms with E-state index in [1.54, 1.807) is 86.1 Å².